The lowest BCUT2D eigenvalue weighted by Gasteiger charge is -2.22. The number of amides is 1. The molecule has 2 rings (SSSR count). The van der Waals surface area contributed by atoms with Crippen molar-refractivity contribution in [3.05, 3.63) is 11.9 Å². The minimum atomic E-state index is -0.179. The van der Waals surface area contributed by atoms with Crippen LogP contribution in [0.3, 0.4) is 0 Å². The molecule has 1 aromatic heterocycles. The van der Waals surface area contributed by atoms with Crippen LogP contribution in [0, 0.1) is 5.92 Å². The summed E-state index contributed by atoms with van der Waals surface area (Å²) in [4.78, 5) is 16.4. The number of aliphatic hydroxyl groups is 1. The van der Waals surface area contributed by atoms with Crippen LogP contribution in [0.25, 0.3) is 0 Å². The van der Waals surface area contributed by atoms with Crippen LogP contribution in [0.15, 0.2) is 11.4 Å². The van der Waals surface area contributed by atoms with Crippen LogP contribution in [0.1, 0.15) is 44.7 Å². The Hall–Kier alpha value is -1.01. The number of hydrogen-bond acceptors (Lipinski definition) is 4. The molecule has 1 atom stereocenters. The molecule has 1 unspecified atom stereocenters. The average molecular weight is 311 g/mol. The van der Waals surface area contributed by atoms with Crippen LogP contribution in [0.5, 0.6) is 0 Å². The Morgan fingerprint density at radius 3 is 2.86 bits per heavy atom. The van der Waals surface area contributed by atoms with E-state index in [0.717, 1.165) is 17.4 Å². The molecule has 0 aliphatic heterocycles. The van der Waals surface area contributed by atoms with E-state index < -0.39 is 0 Å². The Balaban J connectivity index is 1.80. The van der Waals surface area contributed by atoms with Crippen LogP contribution >= 0.6 is 11.8 Å². The summed E-state index contributed by atoms with van der Waals surface area (Å²) >= 11 is 1.43. The van der Waals surface area contributed by atoms with Gasteiger partial charge in [0.15, 0.2) is 5.16 Å². The molecule has 1 aliphatic rings. The molecule has 1 amide bonds. The molecule has 1 saturated carbocycles. The van der Waals surface area contributed by atoms with E-state index in [0.29, 0.717) is 5.92 Å². The first-order valence-corrected chi connectivity index (χ1v) is 8.55. The van der Waals surface area contributed by atoms with Crippen LogP contribution in [-0.4, -0.2) is 32.4 Å². The Morgan fingerprint density at radius 1 is 1.52 bits per heavy atom. The van der Waals surface area contributed by atoms with E-state index in [9.17, 15) is 4.79 Å². The van der Waals surface area contributed by atoms with Gasteiger partial charge in [0.2, 0.25) is 5.91 Å². The minimum Gasteiger partial charge on any atom is -0.390 e. The highest BCUT2D eigenvalue weighted by Crippen LogP contribution is 2.24. The number of aliphatic hydroxyl groups excluding tert-OH is 1. The SMILES string of the molecule is CC(Sc1ncc(CO)n1C)C(=O)NCC1CCCCC1. The maximum atomic E-state index is 12.2. The normalized spacial score (nSPS) is 17.7. The van der Waals surface area contributed by atoms with Gasteiger partial charge in [-0.15, -0.1) is 0 Å². The molecule has 0 bridgehead atoms. The maximum absolute atomic E-state index is 12.2. The van der Waals surface area contributed by atoms with E-state index in [1.54, 1.807) is 6.20 Å². The Labute approximate surface area is 130 Å². The van der Waals surface area contributed by atoms with E-state index >= 15 is 0 Å². The highest BCUT2D eigenvalue weighted by atomic mass is 32.2. The van der Waals surface area contributed by atoms with Gasteiger partial charge < -0.3 is 15.0 Å². The summed E-state index contributed by atoms with van der Waals surface area (Å²) in [6.07, 6.45) is 8.05. The number of aromatic nitrogens is 2. The number of thioether (sulfide) groups is 1. The largest absolute Gasteiger partial charge is 0.390 e. The van der Waals surface area contributed by atoms with Gasteiger partial charge in [0.05, 0.1) is 23.7 Å². The molecule has 1 heterocycles. The molecule has 0 aromatic carbocycles. The quantitative estimate of drug-likeness (QED) is 0.790. The third kappa shape index (κ3) is 4.48. The fourth-order valence-electron chi connectivity index (χ4n) is 2.67. The molecule has 6 heteroatoms. The van der Waals surface area contributed by atoms with E-state index in [2.05, 4.69) is 10.3 Å². The maximum Gasteiger partial charge on any atom is 0.233 e. The molecule has 2 N–H and O–H groups in total. The number of hydrogen-bond donors (Lipinski definition) is 2. The van der Waals surface area contributed by atoms with Crippen molar-refractivity contribution in [2.75, 3.05) is 6.54 Å². The third-order valence-electron chi connectivity index (χ3n) is 4.14. The van der Waals surface area contributed by atoms with Gasteiger partial charge in [0.25, 0.3) is 0 Å². The summed E-state index contributed by atoms with van der Waals surface area (Å²) in [5.41, 5.74) is 0.757. The number of nitrogens with zero attached hydrogens (tertiary/aromatic N) is 2. The standard InChI is InChI=1S/C15H25N3O2S/c1-11(21-15-17-9-13(10-19)18(15)2)14(20)16-8-12-6-4-3-5-7-12/h9,11-12,19H,3-8,10H2,1-2H3,(H,16,20). The predicted molar refractivity (Wildman–Crippen MR) is 84.0 cm³/mol. The first kappa shape index (κ1) is 16.4. The summed E-state index contributed by atoms with van der Waals surface area (Å²) in [5.74, 6) is 0.716. The summed E-state index contributed by atoms with van der Waals surface area (Å²) in [6, 6.07) is 0. The van der Waals surface area contributed by atoms with Crippen LogP contribution in [0.4, 0.5) is 0 Å². The fourth-order valence-corrected chi connectivity index (χ4v) is 3.57. The molecule has 21 heavy (non-hydrogen) atoms. The number of carbonyl (C=O) groups is 1. The molecule has 5 nitrogen and oxygen atoms in total. The Bertz CT molecular complexity index is 469. The molecule has 1 fully saturated rings. The number of imidazole rings is 1. The lowest BCUT2D eigenvalue weighted by Crippen LogP contribution is -2.35. The van der Waals surface area contributed by atoms with Crippen molar-refractivity contribution < 1.29 is 9.90 Å². The average Bonchev–Trinajstić information content (AvgIpc) is 2.86. The second kappa shape index (κ2) is 7.84. The molecule has 0 saturated heterocycles. The van der Waals surface area contributed by atoms with Gasteiger partial charge in [-0.1, -0.05) is 31.0 Å². The van der Waals surface area contributed by atoms with E-state index in [4.69, 9.17) is 5.11 Å². The van der Waals surface area contributed by atoms with Gasteiger partial charge in [0, 0.05) is 13.6 Å². The van der Waals surface area contributed by atoms with Crippen molar-refractivity contribution in [2.45, 2.75) is 56.0 Å². The second-order valence-corrected chi connectivity index (χ2v) is 7.07. The summed E-state index contributed by atoms with van der Waals surface area (Å²) < 4.78 is 1.83. The zero-order valence-electron chi connectivity index (χ0n) is 12.8. The number of rotatable bonds is 6. The molecule has 0 spiro atoms. The number of carbonyl (C=O) groups excluding carboxylic acids is 1. The Kier molecular flexibility index (Phi) is 6.11. The minimum absolute atomic E-state index is 0.0354. The summed E-state index contributed by atoms with van der Waals surface area (Å²) in [6.45, 7) is 2.66. The molecule has 118 valence electrons. The first-order chi connectivity index (χ1) is 10.1. The zero-order chi connectivity index (χ0) is 15.2. The summed E-state index contributed by atoms with van der Waals surface area (Å²) in [7, 11) is 1.85. The van der Waals surface area contributed by atoms with Gasteiger partial charge in [-0.25, -0.2) is 4.98 Å². The van der Waals surface area contributed by atoms with Gasteiger partial charge >= 0.3 is 0 Å². The van der Waals surface area contributed by atoms with Gasteiger partial charge in [-0.05, 0) is 25.7 Å². The molecular formula is C15H25N3O2S. The van der Waals surface area contributed by atoms with Crippen molar-refractivity contribution in [1.29, 1.82) is 0 Å². The lowest BCUT2D eigenvalue weighted by atomic mass is 9.89. The van der Waals surface area contributed by atoms with Crippen molar-refractivity contribution in [3.8, 4) is 0 Å². The van der Waals surface area contributed by atoms with Crippen molar-refractivity contribution in [1.82, 2.24) is 14.9 Å². The fraction of sp³-hybridized carbons (Fsp3) is 0.733. The third-order valence-corrected chi connectivity index (χ3v) is 5.30. The Morgan fingerprint density at radius 2 is 2.24 bits per heavy atom. The second-order valence-electron chi connectivity index (χ2n) is 5.76. The van der Waals surface area contributed by atoms with Crippen molar-refractivity contribution in [3.63, 3.8) is 0 Å². The van der Waals surface area contributed by atoms with Crippen LogP contribution in [0.2, 0.25) is 0 Å². The molecule has 0 radical (unpaired) electrons. The van der Waals surface area contributed by atoms with Gasteiger partial charge in [0.1, 0.15) is 0 Å². The smallest absolute Gasteiger partial charge is 0.233 e. The number of nitrogens with one attached hydrogen (secondary N) is 1. The van der Waals surface area contributed by atoms with Crippen molar-refractivity contribution in [2.24, 2.45) is 13.0 Å². The zero-order valence-corrected chi connectivity index (χ0v) is 13.7. The topological polar surface area (TPSA) is 67.2 Å². The van der Waals surface area contributed by atoms with Crippen molar-refractivity contribution >= 4 is 17.7 Å². The van der Waals surface area contributed by atoms with E-state index in [-0.39, 0.29) is 17.8 Å². The van der Waals surface area contributed by atoms with Crippen LogP contribution in [-0.2, 0) is 18.4 Å². The monoisotopic (exact) mass is 311 g/mol. The summed E-state index contributed by atoms with van der Waals surface area (Å²) in [5, 5.41) is 12.8. The van der Waals surface area contributed by atoms with Crippen LogP contribution < -0.4 is 5.32 Å². The van der Waals surface area contributed by atoms with E-state index in [1.165, 1.54) is 43.9 Å². The highest BCUT2D eigenvalue weighted by Gasteiger charge is 2.19. The highest BCUT2D eigenvalue weighted by molar-refractivity contribution is 8.00. The van der Waals surface area contributed by atoms with E-state index in [1.807, 2.05) is 18.5 Å². The predicted octanol–water partition coefficient (Wildman–Crippen LogP) is 2.09. The lowest BCUT2D eigenvalue weighted by molar-refractivity contribution is -0.120. The van der Waals surface area contributed by atoms with Gasteiger partial charge in [-0.2, -0.15) is 0 Å². The molecule has 1 aromatic rings. The van der Waals surface area contributed by atoms with Gasteiger partial charge in [-0.3, -0.25) is 4.79 Å². The molecule has 1 aliphatic carbocycles. The first-order valence-electron chi connectivity index (χ1n) is 7.67. The molecular weight excluding hydrogens is 286 g/mol.